The first kappa shape index (κ1) is 9.80. The Morgan fingerprint density at radius 2 is 1.93 bits per heavy atom. The zero-order chi connectivity index (χ0) is 10.7. The van der Waals surface area contributed by atoms with Crippen molar-refractivity contribution in [3.05, 3.63) is 53.4 Å². The van der Waals surface area contributed by atoms with Gasteiger partial charge in [-0.25, -0.2) is 4.79 Å². The summed E-state index contributed by atoms with van der Waals surface area (Å²) in [7, 11) is 0. The fourth-order valence-corrected chi connectivity index (χ4v) is 1.25. The van der Waals surface area contributed by atoms with E-state index >= 15 is 0 Å². The van der Waals surface area contributed by atoms with Gasteiger partial charge >= 0.3 is 5.97 Å². The number of esters is 1. The molecule has 0 aliphatic rings. The highest BCUT2D eigenvalue weighted by atomic mass is 35.5. The Morgan fingerprint density at radius 1 is 1.20 bits per heavy atom. The van der Waals surface area contributed by atoms with Crippen LogP contribution in [-0.4, -0.2) is 5.97 Å². The van der Waals surface area contributed by atoms with Gasteiger partial charge in [0.15, 0.2) is 0 Å². The fraction of sp³-hybridized carbons (Fsp3) is 0. The zero-order valence-electron chi connectivity index (χ0n) is 7.64. The number of ether oxygens (including phenoxy) is 1. The van der Waals surface area contributed by atoms with E-state index in [9.17, 15) is 4.79 Å². The van der Waals surface area contributed by atoms with Crippen LogP contribution in [0.1, 0.15) is 10.4 Å². The highest BCUT2D eigenvalue weighted by Crippen LogP contribution is 2.19. The number of hydrogen-bond donors (Lipinski definition) is 0. The van der Waals surface area contributed by atoms with Gasteiger partial charge in [0.05, 0.1) is 5.02 Å². The molecule has 0 atom stereocenters. The van der Waals surface area contributed by atoms with E-state index in [2.05, 4.69) is 0 Å². The van der Waals surface area contributed by atoms with Gasteiger partial charge in [0.25, 0.3) is 0 Å². The number of para-hydroxylation sites is 1. The van der Waals surface area contributed by atoms with Crippen molar-refractivity contribution in [2.24, 2.45) is 0 Å². The molecular weight excluding hydrogens is 216 g/mol. The Morgan fingerprint density at radius 3 is 2.53 bits per heavy atom. The lowest BCUT2D eigenvalue weighted by Gasteiger charge is -2.01. The normalized spacial score (nSPS) is 9.93. The van der Waals surface area contributed by atoms with Crippen LogP contribution in [0.2, 0.25) is 5.02 Å². The van der Waals surface area contributed by atoms with E-state index in [1.165, 1.54) is 12.5 Å². The summed E-state index contributed by atoms with van der Waals surface area (Å²) < 4.78 is 9.83. The van der Waals surface area contributed by atoms with E-state index < -0.39 is 5.97 Å². The number of hydrogen-bond acceptors (Lipinski definition) is 3. The number of rotatable bonds is 2. The minimum absolute atomic E-state index is 0.223. The monoisotopic (exact) mass is 222 g/mol. The van der Waals surface area contributed by atoms with Crippen LogP contribution >= 0.6 is 11.6 Å². The minimum Gasteiger partial charge on any atom is -0.470 e. The van der Waals surface area contributed by atoms with Crippen molar-refractivity contribution in [1.29, 1.82) is 0 Å². The van der Waals surface area contributed by atoms with Gasteiger partial charge < -0.3 is 9.15 Å². The third-order valence-electron chi connectivity index (χ3n) is 1.79. The Hall–Kier alpha value is -1.74. The van der Waals surface area contributed by atoms with Crippen molar-refractivity contribution < 1.29 is 13.9 Å². The van der Waals surface area contributed by atoms with Crippen molar-refractivity contribution in [1.82, 2.24) is 0 Å². The van der Waals surface area contributed by atoms with Gasteiger partial charge in [-0.3, -0.25) is 0 Å². The second-order valence-electron chi connectivity index (χ2n) is 2.84. The van der Waals surface area contributed by atoms with Crippen LogP contribution in [-0.2, 0) is 0 Å². The van der Waals surface area contributed by atoms with E-state index in [0.717, 1.165) is 0 Å². The van der Waals surface area contributed by atoms with Crippen LogP contribution in [0.15, 0.2) is 47.3 Å². The van der Waals surface area contributed by atoms with Crippen LogP contribution < -0.4 is 4.74 Å². The lowest BCUT2D eigenvalue weighted by atomic mass is 10.3. The van der Waals surface area contributed by atoms with Gasteiger partial charge in [0.2, 0.25) is 0 Å². The molecule has 0 aliphatic carbocycles. The van der Waals surface area contributed by atoms with Gasteiger partial charge in [-0.1, -0.05) is 29.8 Å². The molecule has 2 aromatic rings. The summed E-state index contributed by atoms with van der Waals surface area (Å²) in [6, 6.07) is 8.76. The third-order valence-corrected chi connectivity index (χ3v) is 2.08. The first-order valence-corrected chi connectivity index (χ1v) is 4.64. The minimum atomic E-state index is -0.528. The van der Waals surface area contributed by atoms with Crippen molar-refractivity contribution in [2.45, 2.75) is 0 Å². The summed E-state index contributed by atoms with van der Waals surface area (Å²) in [5.74, 6) is -0.0558. The summed E-state index contributed by atoms with van der Waals surface area (Å²) in [6.45, 7) is 0. The van der Waals surface area contributed by atoms with E-state index in [1.807, 2.05) is 6.07 Å². The zero-order valence-corrected chi connectivity index (χ0v) is 8.40. The van der Waals surface area contributed by atoms with Crippen LogP contribution in [0.25, 0.3) is 0 Å². The molecule has 0 saturated carbocycles. The maximum absolute atomic E-state index is 11.5. The van der Waals surface area contributed by atoms with E-state index in [-0.39, 0.29) is 10.6 Å². The molecule has 2 rings (SSSR count). The van der Waals surface area contributed by atoms with Crippen molar-refractivity contribution >= 4 is 17.6 Å². The Balaban J connectivity index is 2.15. The average molecular weight is 223 g/mol. The molecule has 0 N–H and O–H groups in total. The summed E-state index contributed by atoms with van der Waals surface area (Å²) in [5, 5.41) is 0.246. The molecular formula is C11H7ClO3. The highest BCUT2D eigenvalue weighted by Gasteiger charge is 2.14. The van der Waals surface area contributed by atoms with Crippen molar-refractivity contribution in [3.63, 3.8) is 0 Å². The standard InChI is InChI=1S/C11H7ClO3/c12-10-7-14-6-9(10)11(13)15-8-4-2-1-3-5-8/h1-7H. The third kappa shape index (κ3) is 2.19. The SMILES string of the molecule is O=C(Oc1ccccc1)c1cocc1Cl. The molecule has 0 bridgehead atoms. The van der Waals surface area contributed by atoms with E-state index in [0.29, 0.717) is 5.75 Å². The van der Waals surface area contributed by atoms with Gasteiger partial charge in [-0.2, -0.15) is 0 Å². The average Bonchev–Trinajstić information content (AvgIpc) is 2.66. The van der Waals surface area contributed by atoms with Gasteiger partial charge in [-0.15, -0.1) is 0 Å². The molecule has 3 nitrogen and oxygen atoms in total. The van der Waals surface area contributed by atoms with Crippen molar-refractivity contribution in [2.75, 3.05) is 0 Å². The molecule has 0 aliphatic heterocycles. The quantitative estimate of drug-likeness (QED) is 0.579. The van der Waals surface area contributed by atoms with Crippen LogP contribution in [0, 0.1) is 0 Å². The molecule has 15 heavy (non-hydrogen) atoms. The molecule has 0 unspecified atom stereocenters. The number of carbonyl (C=O) groups excluding carboxylic acids is 1. The van der Waals surface area contributed by atoms with E-state index in [1.54, 1.807) is 24.3 Å². The predicted molar refractivity (Wildman–Crippen MR) is 55.1 cm³/mol. The van der Waals surface area contributed by atoms with Crippen LogP contribution in [0.4, 0.5) is 0 Å². The van der Waals surface area contributed by atoms with Crippen LogP contribution in [0.3, 0.4) is 0 Å². The summed E-state index contributed by atoms with van der Waals surface area (Å²) in [5.41, 5.74) is 0.223. The van der Waals surface area contributed by atoms with Crippen LogP contribution in [0.5, 0.6) is 5.75 Å². The molecule has 1 heterocycles. The molecule has 76 valence electrons. The number of furan rings is 1. The second-order valence-corrected chi connectivity index (χ2v) is 3.24. The number of benzene rings is 1. The number of halogens is 1. The molecule has 1 aromatic carbocycles. The Labute approximate surface area is 91.2 Å². The first-order valence-electron chi connectivity index (χ1n) is 4.26. The fourth-order valence-electron chi connectivity index (χ4n) is 1.08. The van der Waals surface area contributed by atoms with E-state index in [4.69, 9.17) is 20.8 Å². The summed E-state index contributed by atoms with van der Waals surface area (Å²) in [4.78, 5) is 11.5. The van der Waals surface area contributed by atoms with Gasteiger partial charge in [0.1, 0.15) is 23.8 Å². The molecule has 4 heteroatoms. The number of carbonyl (C=O) groups is 1. The predicted octanol–water partition coefficient (Wildman–Crippen LogP) is 3.15. The molecule has 0 spiro atoms. The Kier molecular flexibility index (Phi) is 2.74. The summed E-state index contributed by atoms with van der Waals surface area (Å²) >= 11 is 5.71. The Bertz CT molecular complexity index is 462. The first-order chi connectivity index (χ1) is 7.27. The summed E-state index contributed by atoms with van der Waals surface area (Å²) in [6.07, 6.45) is 2.54. The lowest BCUT2D eigenvalue weighted by molar-refractivity contribution is 0.0734. The molecule has 0 fully saturated rings. The second kappa shape index (κ2) is 4.19. The maximum Gasteiger partial charge on any atom is 0.348 e. The maximum atomic E-state index is 11.5. The lowest BCUT2D eigenvalue weighted by Crippen LogP contribution is -2.07. The molecule has 0 saturated heterocycles. The molecule has 0 amide bonds. The molecule has 0 radical (unpaired) electrons. The van der Waals surface area contributed by atoms with Crippen molar-refractivity contribution in [3.8, 4) is 5.75 Å². The molecule has 1 aromatic heterocycles. The van der Waals surface area contributed by atoms with Gasteiger partial charge in [0, 0.05) is 0 Å². The van der Waals surface area contributed by atoms with Gasteiger partial charge in [-0.05, 0) is 12.1 Å². The topological polar surface area (TPSA) is 39.4 Å². The smallest absolute Gasteiger partial charge is 0.348 e. The highest BCUT2D eigenvalue weighted by molar-refractivity contribution is 6.33. The largest absolute Gasteiger partial charge is 0.470 e.